The molecule has 8 heteroatoms. The molecule has 4 rings (SSSR count). The van der Waals surface area contributed by atoms with Gasteiger partial charge in [0.05, 0.1) is 36.0 Å². The Morgan fingerprint density at radius 2 is 2.04 bits per heavy atom. The van der Waals surface area contributed by atoms with Gasteiger partial charge >= 0.3 is 0 Å². The van der Waals surface area contributed by atoms with E-state index in [1.807, 2.05) is 22.9 Å². The van der Waals surface area contributed by atoms with E-state index in [9.17, 15) is 8.78 Å². The predicted molar refractivity (Wildman–Crippen MR) is 94.9 cm³/mol. The van der Waals surface area contributed by atoms with E-state index in [1.165, 1.54) is 12.1 Å². The molecule has 0 unspecified atom stereocenters. The van der Waals surface area contributed by atoms with Gasteiger partial charge in [0, 0.05) is 36.4 Å². The van der Waals surface area contributed by atoms with E-state index in [0.717, 1.165) is 5.56 Å². The fraction of sp³-hybridized carbons (Fsp3) is 0.158. The van der Waals surface area contributed by atoms with Crippen molar-refractivity contribution >= 4 is 11.0 Å². The number of alkyl halides is 1. The standard InChI is InChI=1S/C19H14F2N6/c20-1-3-27-18-6-14(8-22)16(21)7-17(18)25-19(27)15-5-13(9-24-10-15)11-26-4-2-23-12-26/h2,4-7,9-10,12H,1,3,11H2/i20-1. The third-order valence-corrected chi connectivity index (χ3v) is 4.24. The number of hydrogen-bond acceptors (Lipinski definition) is 4. The van der Waals surface area contributed by atoms with Gasteiger partial charge in [0.1, 0.15) is 24.4 Å². The summed E-state index contributed by atoms with van der Waals surface area (Å²) in [5, 5.41) is 9.07. The van der Waals surface area contributed by atoms with E-state index in [-0.39, 0.29) is 12.1 Å². The molecule has 0 bridgehead atoms. The zero-order valence-electron chi connectivity index (χ0n) is 14.2. The van der Waals surface area contributed by atoms with Gasteiger partial charge in [-0.05, 0) is 17.7 Å². The van der Waals surface area contributed by atoms with Gasteiger partial charge < -0.3 is 9.13 Å². The van der Waals surface area contributed by atoms with Gasteiger partial charge in [0.25, 0.3) is 0 Å². The van der Waals surface area contributed by atoms with Gasteiger partial charge in [-0.3, -0.25) is 4.98 Å². The first kappa shape index (κ1) is 16.8. The average Bonchev–Trinajstić information content (AvgIpc) is 3.30. The lowest BCUT2D eigenvalue weighted by atomic mass is 10.2. The highest BCUT2D eigenvalue weighted by Crippen LogP contribution is 2.27. The number of nitrogens with zero attached hydrogens (tertiary/aromatic N) is 6. The molecule has 0 saturated carbocycles. The first-order valence-electron chi connectivity index (χ1n) is 8.25. The Labute approximate surface area is 153 Å². The average molecular weight is 363 g/mol. The second-order valence-corrected chi connectivity index (χ2v) is 6.03. The Morgan fingerprint density at radius 3 is 2.78 bits per heavy atom. The summed E-state index contributed by atoms with van der Waals surface area (Å²) in [5.74, 6) is -0.162. The maximum absolute atomic E-state index is 14.0. The molecular weight excluding hydrogens is 349 g/mol. The maximum atomic E-state index is 14.0. The molecule has 1 aromatic carbocycles. The summed E-state index contributed by atoms with van der Waals surface area (Å²) in [6.07, 6.45) is 8.61. The van der Waals surface area contributed by atoms with Crippen LogP contribution in [0.25, 0.3) is 22.4 Å². The number of halogens is 2. The summed E-state index contributed by atoms with van der Waals surface area (Å²) < 4.78 is 30.7. The molecular formula is C19H14F2N6. The molecule has 0 N–H and O–H groups in total. The summed E-state index contributed by atoms with van der Waals surface area (Å²) in [6, 6.07) is 6.32. The van der Waals surface area contributed by atoms with Crippen molar-refractivity contribution in [2.75, 3.05) is 6.67 Å². The molecule has 6 nitrogen and oxygen atoms in total. The van der Waals surface area contributed by atoms with Crippen LogP contribution in [0.1, 0.15) is 11.1 Å². The topological polar surface area (TPSA) is 72.3 Å². The number of fused-ring (bicyclic) bond motifs is 1. The molecule has 27 heavy (non-hydrogen) atoms. The zero-order valence-corrected chi connectivity index (χ0v) is 14.2. The highest BCUT2D eigenvalue weighted by Gasteiger charge is 2.16. The maximum Gasteiger partial charge on any atom is 0.143 e. The zero-order chi connectivity index (χ0) is 18.8. The number of imidazole rings is 2. The van der Waals surface area contributed by atoms with Crippen LogP contribution in [0.4, 0.5) is 8.78 Å². The van der Waals surface area contributed by atoms with Gasteiger partial charge in [-0.1, -0.05) is 0 Å². The van der Waals surface area contributed by atoms with Crippen LogP contribution in [0.5, 0.6) is 0 Å². The minimum atomic E-state index is -0.645. The molecule has 0 atom stereocenters. The van der Waals surface area contributed by atoms with Crippen molar-refractivity contribution in [2.45, 2.75) is 13.1 Å². The third kappa shape index (κ3) is 3.15. The fourth-order valence-corrected chi connectivity index (χ4v) is 3.05. The van der Waals surface area contributed by atoms with Crippen LogP contribution < -0.4 is 0 Å². The lowest BCUT2D eigenvalue weighted by molar-refractivity contribution is 0.451. The number of aromatic nitrogens is 5. The molecule has 0 saturated heterocycles. The summed E-state index contributed by atoms with van der Waals surface area (Å²) in [6.45, 7) is 0.0192. The van der Waals surface area contributed by atoms with Crippen molar-refractivity contribution < 1.29 is 8.78 Å². The van der Waals surface area contributed by atoms with E-state index < -0.39 is 12.5 Å². The minimum absolute atomic E-state index is 0.0497. The molecule has 3 aromatic heterocycles. The van der Waals surface area contributed by atoms with Gasteiger partial charge in [-0.15, -0.1) is 0 Å². The largest absolute Gasteiger partial charge is 0.333 e. The van der Waals surface area contributed by atoms with Crippen LogP contribution in [-0.2, 0) is 13.1 Å². The number of benzene rings is 1. The van der Waals surface area contributed by atoms with Crippen LogP contribution in [0, 0.1) is 17.1 Å². The van der Waals surface area contributed by atoms with E-state index >= 15 is 0 Å². The summed E-state index contributed by atoms with van der Waals surface area (Å²) in [7, 11) is 0. The monoisotopic (exact) mass is 363 g/mol. The van der Waals surface area contributed by atoms with Crippen molar-refractivity contribution in [3.63, 3.8) is 0 Å². The Kier molecular flexibility index (Phi) is 4.34. The molecule has 0 radical (unpaired) electrons. The van der Waals surface area contributed by atoms with Crippen LogP contribution in [0.3, 0.4) is 0 Å². The van der Waals surface area contributed by atoms with Crippen molar-refractivity contribution in [1.29, 1.82) is 5.26 Å². The number of pyridine rings is 1. The number of nitriles is 1. The Balaban J connectivity index is 1.83. The van der Waals surface area contributed by atoms with Crippen molar-refractivity contribution in [2.24, 2.45) is 0 Å². The molecule has 0 aliphatic heterocycles. The Bertz CT molecular complexity index is 1140. The van der Waals surface area contributed by atoms with Crippen molar-refractivity contribution in [1.82, 2.24) is 24.1 Å². The number of rotatable bonds is 5. The first-order valence-corrected chi connectivity index (χ1v) is 8.25. The van der Waals surface area contributed by atoms with Crippen LogP contribution in [0.2, 0.25) is 0 Å². The highest BCUT2D eigenvalue weighted by atomic mass is 19.1. The second-order valence-electron chi connectivity index (χ2n) is 6.03. The fourth-order valence-electron chi connectivity index (χ4n) is 3.05. The lowest BCUT2D eigenvalue weighted by Crippen LogP contribution is -2.04. The molecule has 134 valence electrons. The normalized spacial score (nSPS) is 11.0. The van der Waals surface area contributed by atoms with Gasteiger partial charge in [0.2, 0.25) is 0 Å². The summed E-state index contributed by atoms with van der Waals surface area (Å²) in [4.78, 5) is 12.7. The van der Waals surface area contributed by atoms with Crippen molar-refractivity contribution in [3.8, 4) is 17.5 Å². The van der Waals surface area contributed by atoms with E-state index in [2.05, 4.69) is 15.0 Å². The summed E-state index contributed by atoms with van der Waals surface area (Å²) >= 11 is 0. The Hall–Kier alpha value is -3.60. The number of aryl methyl sites for hydroxylation is 1. The molecule has 3 heterocycles. The molecule has 0 amide bonds. The third-order valence-electron chi connectivity index (χ3n) is 4.24. The van der Waals surface area contributed by atoms with Gasteiger partial charge in [0.15, 0.2) is 0 Å². The molecule has 4 aromatic rings. The van der Waals surface area contributed by atoms with Gasteiger partial charge in [-0.2, -0.15) is 5.26 Å². The predicted octanol–water partition coefficient (Wildman–Crippen LogP) is 3.32. The minimum Gasteiger partial charge on any atom is -0.333 e. The molecule has 0 spiro atoms. The van der Waals surface area contributed by atoms with Crippen LogP contribution >= 0.6 is 0 Å². The quantitative estimate of drug-likeness (QED) is 0.545. The van der Waals surface area contributed by atoms with Gasteiger partial charge in [-0.25, -0.2) is 18.7 Å². The van der Waals surface area contributed by atoms with E-state index in [0.29, 0.717) is 29.0 Å². The van der Waals surface area contributed by atoms with Crippen LogP contribution in [0.15, 0.2) is 49.3 Å². The second kappa shape index (κ2) is 6.96. The van der Waals surface area contributed by atoms with Crippen LogP contribution in [-0.4, -0.2) is 30.8 Å². The Morgan fingerprint density at radius 1 is 1.15 bits per heavy atom. The SMILES string of the molecule is N#Cc1cc2c(cc1F)nc(-c1cncc(Cn3ccnc3)c1)n2CC[18F]. The first-order chi connectivity index (χ1) is 13.2. The molecule has 0 aliphatic rings. The molecule has 0 aliphatic carbocycles. The van der Waals surface area contributed by atoms with E-state index in [4.69, 9.17) is 5.26 Å². The van der Waals surface area contributed by atoms with E-state index in [1.54, 1.807) is 29.5 Å². The lowest BCUT2D eigenvalue weighted by Gasteiger charge is -2.09. The molecule has 0 fully saturated rings. The summed E-state index contributed by atoms with van der Waals surface area (Å²) in [5.41, 5.74) is 2.40. The number of hydrogen-bond donors (Lipinski definition) is 0. The van der Waals surface area contributed by atoms with Crippen molar-refractivity contribution in [3.05, 3.63) is 66.3 Å². The highest BCUT2D eigenvalue weighted by molar-refractivity contribution is 5.82. The smallest absolute Gasteiger partial charge is 0.143 e.